The summed E-state index contributed by atoms with van der Waals surface area (Å²) < 4.78 is 0. The van der Waals surface area contributed by atoms with Gasteiger partial charge in [0.25, 0.3) is 0 Å². The van der Waals surface area contributed by atoms with Crippen LogP contribution in [0.3, 0.4) is 0 Å². The fourth-order valence-corrected chi connectivity index (χ4v) is 2.51. The molecule has 1 fully saturated rings. The minimum Gasteiger partial charge on any atom is -0.358 e. The van der Waals surface area contributed by atoms with Gasteiger partial charge in [0.1, 0.15) is 11.9 Å². The summed E-state index contributed by atoms with van der Waals surface area (Å²) >= 11 is 0. The third kappa shape index (κ3) is 2.99. The molecule has 1 aliphatic rings. The van der Waals surface area contributed by atoms with E-state index >= 15 is 0 Å². The van der Waals surface area contributed by atoms with E-state index in [2.05, 4.69) is 27.9 Å². The average Bonchev–Trinajstić information content (AvgIpc) is 2.41. The summed E-state index contributed by atoms with van der Waals surface area (Å²) in [6, 6.07) is 5.85. The van der Waals surface area contributed by atoms with E-state index in [0.717, 1.165) is 12.4 Å². The monoisotopic (exact) mass is 244 g/mol. The predicted octanol–water partition coefficient (Wildman–Crippen LogP) is 1.73. The molecule has 1 saturated heterocycles. The smallest absolute Gasteiger partial charge is 0.146 e. The average molecular weight is 244 g/mol. The molecule has 0 saturated carbocycles. The number of anilines is 1. The van der Waals surface area contributed by atoms with Crippen molar-refractivity contribution in [2.24, 2.45) is 5.92 Å². The lowest BCUT2D eigenvalue weighted by Gasteiger charge is -2.32. The van der Waals surface area contributed by atoms with Crippen LogP contribution in [0.4, 0.5) is 5.82 Å². The molecule has 0 radical (unpaired) electrons. The summed E-state index contributed by atoms with van der Waals surface area (Å²) in [5.74, 6) is 1.51. The van der Waals surface area contributed by atoms with Crippen molar-refractivity contribution in [3.8, 4) is 6.07 Å². The van der Waals surface area contributed by atoms with Crippen LogP contribution in [-0.4, -0.2) is 43.6 Å². The fourth-order valence-electron chi connectivity index (χ4n) is 2.51. The topological polar surface area (TPSA) is 43.2 Å². The van der Waals surface area contributed by atoms with Crippen LogP contribution < -0.4 is 4.90 Å². The van der Waals surface area contributed by atoms with Crippen molar-refractivity contribution in [1.29, 1.82) is 5.26 Å². The Hall–Kier alpha value is -1.60. The van der Waals surface area contributed by atoms with E-state index in [1.165, 1.54) is 25.9 Å². The normalized spacial score (nSPS) is 17.4. The molecular formula is C14H20N4. The fraction of sp³-hybridized carbons (Fsp3) is 0.571. The van der Waals surface area contributed by atoms with Crippen LogP contribution in [0.15, 0.2) is 18.3 Å². The lowest BCUT2D eigenvalue weighted by atomic mass is 9.96. The Balaban J connectivity index is 1.99. The van der Waals surface area contributed by atoms with Gasteiger partial charge in [-0.05, 0) is 51.0 Å². The molecule has 0 aliphatic carbocycles. The summed E-state index contributed by atoms with van der Waals surface area (Å²) in [6.45, 7) is 3.33. The molecule has 96 valence electrons. The second-order valence-electron chi connectivity index (χ2n) is 5.11. The molecule has 0 aromatic carbocycles. The molecule has 18 heavy (non-hydrogen) atoms. The van der Waals surface area contributed by atoms with E-state index in [9.17, 15) is 0 Å². The maximum absolute atomic E-state index is 9.08. The maximum atomic E-state index is 9.08. The summed E-state index contributed by atoms with van der Waals surface area (Å²) in [5.41, 5.74) is 0.660. The number of nitrogens with zero attached hydrogens (tertiary/aromatic N) is 4. The number of rotatable bonds is 3. The lowest BCUT2D eigenvalue weighted by Crippen LogP contribution is -2.36. The highest BCUT2D eigenvalue weighted by atomic mass is 15.2. The third-order valence-electron chi connectivity index (χ3n) is 3.64. The largest absolute Gasteiger partial charge is 0.358 e. The van der Waals surface area contributed by atoms with Crippen molar-refractivity contribution in [3.05, 3.63) is 23.9 Å². The molecule has 0 spiro atoms. The van der Waals surface area contributed by atoms with E-state index < -0.39 is 0 Å². The van der Waals surface area contributed by atoms with Gasteiger partial charge in [-0.15, -0.1) is 0 Å². The van der Waals surface area contributed by atoms with E-state index in [1.807, 2.05) is 19.2 Å². The molecule has 1 aliphatic heterocycles. The van der Waals surface area contributed by atoms with Crippen LogP contribution in [-0.2, 0) is 0 Å². The zero-order chi connectivity index (χ0) is 13.0. The Bertz CT molecular complexity index is 430. The van der Waals surface area contributed by atoms with Crippen LogP contribution in [0.2, 0.25) is 0 Å². The molecular weight excluding hydrogens is 224 g/mol. The lowest BCUT2D eigenvalue weighted by molar-refractivity contribution is 0.222. The highest BCUT2D eigenvalue weighted by molar-refractivity contribution is 5.52. The summed E-state index contributed by atoms with van der Waals surface area (Å²) in [6.07, 6.45) is 4.21. The predicted molar refractivity (Wildman–Crippen MR) is 72.4 cm³/mol. The zero-order valence-corrected chi connectivity index (χ0v) is 11.1. The number of hydrogen-bond donors (Lipinski definition) is 0. The van der Waals surface area contributed by atoms with E-state index in [-0.39, 0.29) is 0 Å². The maximum Gasteiger partial charge on any atom is 0.146 e. The molecule has 0 unspecified atom stereocenters. The van der Waals surface area contributed by atoms with Gasteiger partial charge in [0.2, 0.25) is 0 Å². The van der Waals surface area contributed by atoms with Crippen molar-refractivity contribution >= 4 is 5.82 Å². The van der Waals surface area contributed by atoms with Crippen LogP contribution >= 0.6 is 0 Å². The van der Waals surface area contributed by atoms with Crippen LogP contribution in [0.25, 0.3) is 0 Å². The first-order valence-electron chi connectivity index (χ1n) is 6.45. The van der Waals surface area contributed by atoms with Crippen molar-refractivity contribution in [2.45, 2.75) is 12.8 Å². The number of aromatic nitrogens is 1. The third-order valence-corrected chi connectivity index (χ3v) is 3.64. The minimum absolute atomic E-state index is 0.660. The van der Waals surface area contributed by atoms with Gasteiger partial charge in [-0.3, -0.25) is 0 Å². The van der Waals surface area contributed by atoms with Crippen molar-refractivity contribution < 1.29 is 0 Å². The van der Waals surface area contributed by atoms with Crippen LogP contribution in [0.5, 0.6) is 0 Å². The van der Waals surface area contributed by atoms with Crippen LogP contribution in [0.1, 0.15) is 18.4 Å². The number of nitriles is 1. The van der Waals surface area contributed by atoms with E-state index in [0.29, 0.717) is 11.5 Å². The highest BCUT2D eigenvalue weighted by Crippen LogP contribution is 2.21. The molecule has 0 atom stereocenters. The van der Waals surface area contributed by atoms with Gasteiger partial charge < -0.3 is 9.80 Å². The van der Waals surface area contributed by atoms with Crippen molar-refractivity contribution in [3.63, 3.8) is 0 Å². The van der Waals surface area contributed by atoms with Gasteiger partial charge in [0.15, 0.2) is 0 Å². The van der Waals surface area contributed by atoms with Gasteiger partial charge >= 0.3 is 0 Å². The Morgan fingerprint density at radius 1 is 1.50 bits per heavy atom. The van der Waals surface area contributed by atoms with Gasteiger partial charge in [-0.2, -0.15) is 5.26 Å². The summed E-state index contributed by atoms with van der Waals surface area (Å²) in [5, 5.41) is 9.08. The Kier molecular flexibility index (Phi) is 4.16. The Morgan fingerprint density at radius 3 is 2.89 bits per heavy atom. The standard InChI is InChI=1S/C14H20N4/c1-17-8-5-12(6-9-17)11-18(2)14-13(10-15)4-3-7-16-14/h3-4,7,12H,5-6,8-9,11H2,1-2H3. The molecule has 4 nitrogen and oxygen atoms in total. The minimum atomic E-state index is 0.660. The summed E-state index contributed by atoms with van der Waals surface area (Å²) in [7, 11) is 4.20. The van der Waals surface area contributed by atoms with Crippen LogP contribution in [0, 0.1) is 17.2 Å². The Morgan fingerprint density at radius 2 is 2.22 bits per heavy atom. The van der Waals surface area contributed by atoms with Gasteiger partial charge in [-0.1, -0.05) is 0 Å². The number of piperidine rings is 1. The molecule has 4 heteroatoms. The highest BCUT2D eigenvalue weighted by Gasteiger charge is 2.19. The van der Waals surface area contributed by atoms with E-state index in [4.69, 9.17) is 5.26 Å². The van der Waals surface area contributed by atoms with Crippen molar-refractivity contribution in [2.75, 3.05) is 38.6 Å². The zero-order valence-electron chi connectivity index (χ0n) is 11.1. The molecule has 2 heterocycles. The number of likely N-dealkylation sites (tertiary alicyclic amines) is 1. The molecule has 0 amide bonds. The number of hydrogen-bond acceptors (Lipinski definition) is 4. The second-order valence-corrected chi connectivity index (χ2v) is 5.11. The molecule has 0 N–H and O–H groups in total. The van der Waals surface area contributed by atoms with E-state index in [1.54, 1.807) is 6.20 Å². The number of pyridine rings is 1. The first-order valence-corrected chi connectivity index (χ1v) is 6.45. The molecule has 1 aromatic heterocycles. The van der Waals surface area contributed by atoms with Gasteiger partial charge in [0.05, 0.1) is 5.56 Å². The van der Waals surface area contributed by atoms with Gasteiger partial charge in [-0.25, -0.2) is 4.98 Å². The molecule has 0 bridgehead atoms. The second kappa shape index (κ2) is 5.83. The first-order chi connectivity index (χ1) is 8.70. The Labute approximate surface area is 109 Å². The van der Waals surface area contributed by atoms with Crippen molar-refractivity contribution in [1.82, 2.24) is 9.88 Å². The summed E-state index contributed by atoms with van der Waals surface area (Å²) in [4.78, 5) is 8.82. The SMILES string of the molecule is CN1CCC(CN(C)c2ncccc2C#N)CC1. The first kappa shape index (κ1) is 12.8. The molecule has 1 aromatic rings. The van der Waals surface area contributed by atoms with Gasteiger partial charge in [0, 0.05) is 19.8 Å². The molecule has 2 rings (SSSR count). The quantitative estimate of drug-likeness (QED) is 0.812.